The van der Waals surface area contributed by atoms with Crippen LogP contribution in [-0.4, -0.2) is 9.13 Å². The van der Waals surface area contributed by atoms with Crippen molar-refractivity contribution in [1.29, 1.82) is 0 Å². The summed E-state index contributed by atoms with van der Waals surface area (Å²) in [5.41, 5.74) is 9.65. The van der Waals surface area contributed by atoms with Gasteiger partial charge in [-0.3, -0.25) is 0 Å². The van der Waals surface area contributed by atoms with Gasteiger partial charge < -0.3 is 9.13 Å². The van der Waals surface area contributed by atoms with Crippen LogP contribution < -0.4 is 0 Å². The highest BCUT2D eigenvalue weighted by Crippen LogP contribution is 2.44. The quantitative estimate of drug-likeness (QED) is 0.195. The van der Waals surface area contributed by atoms with Crippen LogP contribution in [0.4, 0.5) is 0 Å². The topological polar surface area (TPSA) is 9.86 Å². The van der Waals surface area contributed by atoms with Gasteiger partial charge in [0.25, 0.3) is 0 Å². The molecular formula is C44H28N2. The Balaban J connectivity index is 1.36. The molecule has 0 aliphatic heterocycles. The summed E-state index contributed by atoms with van der Waals surface area (Å²) < 4.78 is 4.93. The second-order valence-corrected chi connectivity index (χ2v) is 12.2. The van der Waals surface area contributed by atoms with Crippen LogP contribution in [-0.2, 0) is 0 Å². The Labute approximate surface area is 266 Å². The Morgan fingerprint density at radius 1 is 0.326 bits per heavy atom. The Hall–Kier alpha value is -6.12. The molecule has 0 unspecified atom stereocenters. The molecule has 0 amide bonds. The van der Waals surface area contributed by atoms with Crippen molar-refractivity contribution in [1.82, 2.24) is 9.13 Å². The zero-order valence-electron chi connectivity index (χ0n) is 25.1. The van der Waals surface area contributed by atoms with Gasteiger partial charge in [-0.15, -0.1) is 0 Å². The summed E-state index contributed by atoms with van der Waals surface area (Å²) in [6.07, 6.45) is 0. The zero-order valence-corrected chi connectivity index (χ0v) is 25.1. The first-order chi connectivity index (χ1) is 22.8. The molecule has 0 atom stereocenters. The molecule has 0 N–H and O–H groups in total. The number of benzene rings is 8. The predicted molar refractivity (Wildman–Crippen MR) is 196 cm³/mol. The van der Waals surface area contributed by atoms with Gasteiger partial charge >= 0.3 is 0 Å². The van der Waals surface area contributed by atoms with Gasteiger partial charge in [-0.2, -0.15) is 0 Å². The van der Waals surface area contributed by atoms with Crippen LogP contribution in [0.3, 0.4) is 0 Å². The highest BCUT2D eigenvalue weighted by atomic mass is 15.0. The summed E-state index contributed by atoms with van der Waals surface area (Å²) in [7, 11) is 0. The highest BCUT2D eigenvalue weighted by Gasteiger charge is 2.22. The van der Waals surface area contributed by atoms with E-state index in [0.717, 1.165) is 0 Å². The van der Waals surface area contributed by atoms with Crippen LogP contribution in [0.25, 0.3) is 87.7 Å². The van der Waals surface area contributed by atoms with E-state index in [9.17, 15) is 0 Å². The first kappa shape index (κ1) is 25.2. The van der Waals surface area contributed by atoms with Crippen molar-refractivity contribution in [2.24, 2.45) is 0 Å². The molecule has 8 aromatic carbocycles. The van der Waals surface area contributed by atoms with E-state index >= 15 is 0 Å². The molecule has 0 saturated heterocycles. The molecule has 0 bridgehead atoms. The molecule has 2 heterocycles. The van der Waals surface area contributed by atoms with Crippen molar-refractivity contribution in [2.45, 2.75) is 0 Å². The maximum atomic E-state index is 2.49. The van der Waals surface area contributed by atoms with E-state index in [-0.39, 0.29) is 0 Å². The van der Waals surface area contributed by atoms with Crippen LogP contribution in [0.2, 0.25) is 0 Å². The summed E-state index contributed by atoms with van der Waals surface area (Å²) in [6, 6.07) is 62.0. The van der Waals surface area contributed by atoms with Gasteiger partial charge in [-0.1, -0.05) is 121 Å². The van der Waals surface area contributed by atoms with E-state index in [1.807, 2.05) is 0 Å². The van der Waals surface area contributed by atoms with Gasteiger partial charge in [0.2, 0.25) is 0 Å². The second kappa shape index (κ2) is 9.69. The second-order valence-electron chi connectivity index (χ2n) is 12.2. The van der Waals surface area contributed by atoms with E-state index in [1.54, 1.807) is 0 Å². The monoisotopic (exact) mass is 584 g/mol. The Kier molecular flexibility index (Phi) is 5.31. The van der Waals surface area contributed by atoms with Crippen molar-refractivity contribution in [2.75, 3.05) is 0 Å². The van der Waals surface area contributed by atoms with Gasteiger partial charge in [-0.05, 0) is 75.6 Å². The van der Waals surface area contributed by atoms with Crippen molar-refractivity contribution < 1.29 is 0 Å². The van der Waals surface area contributed by atoms with E-state index in [0.29, 0.717) is 0 Å². The molecule has 46 heavy (non-hydrogen) atoms. The van der Waals surface area contributed by atoms with Crippen LogP contribution in [0.5, 0.6) is 0 Å². The molecule has 0 spiro atoms. The van der Waals surface area contributed by atoms with Gasteiger partial charge in [0.05, 0.1) is 27.8 Å². The molecule has 214 valence electrons. The average Bonchev–Trinajstić information content (AvgIpc) is 3.64. The largest absolute Gasteiger partial charge is 0.309 e. The zero-order chi connectivity index (χ0) is 30.2. The third-order valence-corrected chi connectivity index (χ3v) is 9.65. The molecule has 2 nitrogen and oxygen atoms in total. The molecule has 2 aromatic heterocycles. The van der Waals surface area contributed by atoms with E-state index in [1.165, 1.54) is 87.7 Å². The minimum Gasteiger partial charge on any atom is -0.309 e. The number of nitrogens with zero attached hydrogens (tertiary/aromatic N) is 2. The molecular weight excluding hydrogens is 556 g/mol. The fourth-order valence-corrected chi connectivity index (χ4v) is 7.63. The van der Waals surface area contributed by atoms with Gasteiger partial charge in [-0.25, -0.2) is 0 Å². The van der Waals surface area contributed by atoms with Gasteiger partial charge in [0, 0.05) is 32.8 Å². The van der Waals surface area contributed by atoms with Gasteiger partial charge in [0.1, 0.15) is 0 Å². The van der Waals surface area contributed by atoms with Crippen LogP contribution in [0, 0.1) is 0 Å². The lowest BCUT2D eigenvalue weighted by Crippen LogP contribution is -1.98. The fourth-order valence-electron chi connectivity index (χ4n) is 7.63. The Morgan fingerprint density at radius 3 is 1.54 bits per heavy atom. The maximum absolute atomic E-state index is 2.49. The smallest absolute Gasteiger partial charge is 0.0549 e. The number of aromatic nitrogens is 2. The number of hydrogen-bond acceptors (Lipinski definition) is 0. The Morgan fingerprint density at radius 2 is 0.848 bits per heavy atom. The van der Waals surface area contributed by atoms with Crippen molar-refractivity contribution in [3.05, 3.63) is 170 Å². The number of hydrogen-bond donors (Lipinski definition) is 0. The summed E-state index contributed by atoms with van der Waals surface area (Å²) in [4.78, 5) is 0. The van der Waals surface area contributed by atoms with Gasteiger partial charge in [0.15, 0.2) is 0 Å². The molecule has 10 rings (SSSR count). The molecule has 2 heteroatoms. The lowest BCUT2D eigenvalue weighted by atomic mass is 9.98. The van der Waals surface area contributed by atoms with E-state index in [4.69, 9.17) is 0 Å². The van der Waals surface area contributed by atoms with E-state index in [2.05, 4.69) is 179 Å². The summed E-state index contributed by atoms with van der Waals surface area (Å²) in [6.45, 7) is 0. The SMILES string of the molecule is c1ccc(-c2cc3ccccc3cc2-n2c3ccccc3c3c4c5ccccc5n(-c5ccc6ccccc6c5)c4ccc32)cc1. The van der Waals surface area contributed by atoms with Crippen molar-refractivity contribution >= 4 is 65.2 Å². The number of rotatable bonds is 3. The average molecular weight is 585 g/mol. The first-order valence-corrected chi connectivity index (χ1v) is 15.9. The summed E-state index contributed by atoms with van der Waals surface area (Å²) in [5.74, 6) is 0. The van der Waals surface area contributed by atoms with Crippen molar-refractivity contribution in [3.8, 4) is 22.5 Å². The van der Waals surface area contributed by atoms with Crippen LogP contribution >= 0.6 is 0 Å². The third kappa shape index (κ3) is 3.59. The molecule has 10 aromatic rings. The minimum absolute atomic E-state index is 1.17. The summed E-state index contributed by atoms with van der Waals surface area (Å²) >= 11 is 0. The molecule has 0 fully saturated rings. The normalized spacial score (nSPS) is 11.9. The first-order valence-electron chi connectivity index (χ1n) is 15.9. The highest BCUT2D eigenvalue weighted by molar-refractivity contribution is 6.29. The number of para-hydroxylation sites is 2. The standard InChI is InChI=1S/C44H28N2/c1-2-13-30(14-3-1)37-27-32-16-6-7-17-33(32)28-42(37)46-39-21-11-9-19-36(39)44-41(46)25-24-40-43(44)35-18-8-10-20-38(35)45(40)34-23-22-29-12-4-5-15-31(29)26-34/h1-28H. The molecule has 0 aliphatic carbocycles. The third-order valence-electron chi connectivity index (χ3n) is 9.65. The van der Waals surface area contributed by atoms with Crippen LogP contribution in [0.15, 0.2) is 170 Å². The predicted octanol–water partition coefficient (Wildman–Crippen LogP) is 11.9. The number of fused-ring (bicyclic) bond motifs is 9. The minimum atomic E-state index is 1.17. The Bertz CT molecular complexity index is 2800. The molecule has 0 radical (unpaired) electrons. The van der Waals surface area contributed by atoms with E-state index < -0.39 is 0 Å². The van der Waals surface area contributed by atoms with Crippen molar-refractivity contribution in [3.63, 3.8) is 0 Å². The molecule has 0 aliphatic rings. The lowest BCUT2D eigenvalue weighted by molar-refractivity contribution is 1.18. The van der Waals surface area contributed by atoms with Crippen LogP contribution in [0.1, 0.15) is 0 Å². The maximum Gasteiger partial charge on any atom is 0.0549 e. The summed E-state index contributed by atoms with van der Waals surface area (Å²) in [5, 5.41) is 10.1. The fraction of sp³-hybridized carbons (Fsp3) is 0. The molecule has 0 saturated carbocycles. The lowest BCUT2D eigenvalue weighted by Gasteiger charge is -2.16.